The van der Waals surface area contributed by atoms with Crippen LogP contribution in [0.5, 0.6) is 0 Å². The number of rotatable bonds is 6. The van der Waals surface area contributed by atoms with Gasteiger partial charge in [-0.25, -0.2) is 9.97 Å². The SMILES string of the molecule is N#CCCNc1cc(NCc2cccnc2)ncn1. The quantitative estimate of drug-likeness (QED) is 0.764. The molecule has 2 aromatic heterocycles. The van der Waals surface area contributed by atoms with Crippen molar-refractivity contribution in [2.75, 3.05) is 17.2 Å². The molecule has 0 aliphatic carbocycles. The molecule has 0 saturated heterocycles. The van der Waals surface area contributed by atoms with Gasteiger partial charge in [-0.15, -0.1) is 0 Å². The molecule has 2 rings (SSSR count). The van der Waals surface area contributed by atoms with Crippen LogP contribution in [-0.4, -0.2) is 21.5 Å². The number of nitrogens with one attached hydrogen (secondary N) is 2. The van der Waals surface area contributed by atoms with Gasteiger partial charge in [-0.05, 0) is 11.6 Å². The normalized spacial score (nSPS) is 9.63. The van der Waals surface area contributed by atoms with Crippen LogP contribution in [-0.2, 0) is 6.54 Å². The van der Waals surface area contributed by atoms with Gasteiger partial charge in [-0.1, -0.05) is 6.07 Å². The van der Waals surface area contributed by atoms with Gasteiger partial charge in [-0.3, -0.25) is 4.98 Å². The number of pyridine rings is 1. The first-order chi connectivity index (χ1) is 9.38. The summed E-state index contributed by atoms with van der Waals surface area (Å²) >= 11 is 0. The van der Waals surface area contributed by atoms with Crippen LogP contribution in [0.15, 0.2) is 36.9 Å². The number of aromatic nitrogens is 3. The van der Waals surface area contributed by atoms with Gasteiger partial charge in [0.15, 0.2) is 0 Å². The van der Waals surface area contributed by atoms with Crippen LogP contribution in [0.2, 0.25) is 0 Å². The topological polar surface area (TPSA) is 86.5 Å². The lowest BCUT2D eigenvalue weighted by Crippen LogP contribution is -2.06. The van der Waals surface area contributed by atoms with Crippen LogP contribution in [0.1, 0.15) is 12.0 Å². The van der Waals surface area contributed by atoms with Crippen molar-refractivity contribution in [3.8, 4) is 6.07 Å². The molecule has 0 aliphatic rings. The zero-order valence-electron chi connectivity index (χ0n) is 10.4. The molecule has 0 spiro atoms. The molecule has 0 aromatic carbocycles. The molecule has 96 valence electrons. The monoisotopic (exact) mass is 254 g/mol. The second-order valence-corrected chi connectivity index (χ2v) is 3.84. The maximum atomic E-state index is 8.47. The summed E-state index contributed by atoms with van der Waals surface area (Å²) in [6.45, 7) is 1.23. The molecule has 0 atom stereocenters. The number of nitrogens with zero attached hydrogens (tertiary/aromatic N) is 4. The summed E-state index contributed by atoms with van der Waals surface area (Å²) in [5, 5.41) is 14.7. The fraction of sp³-hybridized carbons (Fsp3) is 0.231. The Kier molecular flexibility index (Phi) is 4.64. The van der Waals surface area contributed by atoms with Crippen molar-refractivity contribution >= 4 is 11.6 Å². The van der Waals surface area contributed by atoms with E-state index in [1.165, 1.54) is 6.33 Å². The van der Waals surface area contributed by atoms with E-state index in [1.54, 1.807) is 12.4 Å². The zero-order chi connectivity index (χ0) is 13.3. The van der Waals surface area contributed by atoms with Gasteiger partial charge in [0.2, 0.25) is 0 Å². The lowest BCUT2D eigenvalue weighted by atomic mass is 10.3. The first-order valence-electron chi connectivity index (χ1n) is 5.94. The first kappa shape index (κ1) is 12.8. The second-order valence-electron chi connectivity index (χ2n) is 3.84. The minimum atomic E-state index is 0.447. The minimum absolute atomic E-state index is 0.447. The molecular weight excluding hydrogens is 240 g/mol. The van der Waals surface area contributed by atoms with E-state index in [1.807, 2.05) is 18.2 Å². The number of hydrogen-bond acceptors (Lipinski definition) is 6. The second kappa shape index (κ2) is 6.91. The molecule has 6 nitrogen and oxygen atoms in total. The van der Waals surface area contributed by atoms with Gasteiger partial charge in [0.1, 0.15) is 18.0 Å². The first-order valence-corrected chi connectivity index (χ1v) is 5.94. The van der Waals surface area contributed by atoms with E-state index < -0.39 is 0 Å². The van der Waals surface area contributed by atoms with E-state index in [0.29, 0.717) is 25.3 Å². The largest absolute Gasteiger partial charge is 0.369 e. The Hall–Kier alpha value is -2.68. The molecule has 19 heavy (non-hydrogen) atoms. The highest BCUT2D eigenvalue weighted by Crippen LogP contribution is 2.09. The minimum Gasteiger partial charge on any atom is -0.369 e. The van der Waals surface area contributed by atoms with Gasteiger partial charge < -0.3 is 10.6 Å². The number of hydrogen-bond donors (Lipinski definition) is 2. The molecular formula is C13H14N6. The molecule has 0 saturated carbocycles. The maximum absolute atomic E-state index is 8.47. The van der Waals surface area contributed by atoms with E-state index in [0.717, 1.165) is 11.4 Å². The van der Waals surface area contributed by atoms with E-state index in [4.69, 9.17) is 5.26 Å². The lowest BCUT2D eigenvalue weighted by Gasteiger charge is -2.07. The average molecular weight is 254 g/mol. The van der Waals surface area contributed by atoms with Gasteiger partial charge in [-0.2, -0.15) is 5.26 Å². The van der Waals surface area contributed by atoms with Crippen molar-refractivity contribution in [2.24, 2.45) is 0 Å². The molecule has 2 N–H and O–H groups in total. The molecule has 0 fully saturated rings. The van der Waals surface area contributed by atoms with Crippen molar-refractivity contribution in [1.82, 2.24) is 15.0 Å². The van der Waals surface area contributed by atoms with Crippen LogP contribution in [0.25, 0.3) is 0 Å². The zero-order valence-corrected chi connectivity index (χ0v) is 10.4. The Morgan fingerprint density at radius 2 is 2.05 bits per heavy atom. The van der Waals surface area contributed by atoms with E-state index in [9.17, 15) is 0 Å². The highest BCUT2D eigenvalue weighted by molar-refractivity contribution is 5.46. The smallest absolute Gasteiger partial charge is 0.131 e. The van der Waals surface area contributed by atoms with Gasteiger partial charge in [0.05, 0.1) is 12.5 Å². The summed E-state index contributed by atoms with van der Waals surface area (Å²) in [7, 11) is 0. The van der Waals surface area contributed by atoms with Crippen LogP contribution in [0.3, 0.4) is 0 Å². The molecule has 0 unspecified atom stereocenters. The maximum Gasteiger partial charge on any atom is 0.131 e. The fourth-order valence-corrected chi connectivity index (χ4v) is 1.49. The van der Waals surface area contributed by atoms with Crippen LogP contribution >= 0.6 is 0 Å². The summed E-state index contributed by atoms with van der Waals surface area (Å²) < 4.78 is 0. The predicted molar refractivity (Wildman–Crippen MR) is 72.3 cm³/mol. The highest BCUT2D eigenvalue weighted by atomic mass is 15.1. The fourth-order valence-electron chi connectivity index (χ4n) is 1.49. The third-order valence-electron chi connectivity index (χ3n) is 2.41. The van der Waals surface area contributed by atoms with Gasteiger partial charge in [0, 0.05) is 31.5 Å². The Morgan fingerprint density at radius 1 is 1.21 bits per heavy atom. The van der Waals surface area contributed by atoms with E-state index >= 15 is 0 Å². The summed E-state index contributed by atoms with van der Waals surface area (Å²) in [6, 6.07) is 7.77. The highest BCUT2D eigenvalue weighted by Gasteiger charge is 1.98. The summed E-state index contributed by atoms with van der Waals surface area (Å²) in [6.07, 6.45) is 5.48. The molecule has 2 aromatic rings. The summed E-state index contributed by atoms with van der Waals surface area (Å²) in [5.74, 6) is 1.44. The predicted octanol–water partition coefficient (Wildman–Crippen LogP) is 1.81. The average Bonchev–Trinajstić information content (AvgIpc) is 2.47. The molecule has 0 bridgehead atoms. The molecule has 6 heteroatoms. The summed E-state index contributed by atoms with van der Waals surface area (Å²) in [5.41, 5.74) is 1.08. The third-order valence-corrected chi connectivity index (χ3v) is 2.41. The number of nitriles is 1. The molecule has 0 aliphatic heterocycles. The van der Waals surface area contributed by atoms with Crippen molar-refractivity contribution in [3.05, 3.63) is 42.5 Å². The van der Waals surface area contributed by atoms with Gasteiger partial charge >= 0.3 is 0 Å². The Labute approximate surface area is 111 Å². The van der Waals surface area contributed by atoms with E-state index in [-0.39, 0.29) is 0 Å². The van der Waals surface area contributed by atoms with Crippen LogP contribution < -0.4 is 10.6 Å². The Balaban J connectivity index is 1.90. The number of anilines is 2. The molecule has 0 radical (unpaired) electrons. The molecule has 2 heterocycles. The summed E-state index contributed by atoms with van der Waals surface area (Å²) in [4.78, 5) is 12.3. The van der Waals surface area contributed by atoms with Crippen molar-refractivity contribution in [3.63, 3.8) is 0 Å². The Morgan fingerprint density at radius 3 is 2.79 bits per heavy atom. The van der Waals surface area contributed by atoms with Gasteiger partial charge in [0.25, 0.3) is 0 Å². The third kappa shape index (κ3) is 4.24. The standard InChI is InChI=1S/C13H14N6/c14-4-2-6-16-12-7-13(19-10-18-12)17-9-11-3-1-5-15-8-11/h1,3,5,7-8,10H,2,6,9H2,(H2,16,17,18,19). The molecule has 0 amide bonds. The van der Waals surface area contributed by atoms with Crippen LogP contribution in [0, 0.1) is 11.3 Å². The van der Waals surface area contributed by atoms with Crippen molar-refractivity contribution in [1.29, 1.82) is 5.26 Å². The lowest BCUT2D eigenvalue weighted by molar-refractivity contribution is 1.03. The van der Waals surface area contributed by atoms with Crippen LogP contribution in [0.4, 0.5) is 11.6 Å². The van der Waals surface area contributed by atoms with Crippen molar-refractivity contribution in [2.45, 2.75) is 13.0 Å². The van der Waals surface area contributed by atoms with E-state index in [2.05, 4.69) is 31.7 Å². The van der Waals surface area contributed by atoms with Crippen molar-refractivity contribution < 1.29 is 0 Å². The Bertz CT molecular complexity index is 549.